The van der Waals surface area contributed by atoms with Gasteiger partial charge in [0.15, 0.2) is 6.23 Å². The Bertz CT molecular complexity index is 643. The average Bonchev–Trinajstić information content (AvgIpc) is 2.70. The standard InChI is InChI=1S/C12H14N2O6/c1-2-3-6-4-14(12(19)13-10(6)18)11-9(17)8(16)7(5-15)20-11/h1,4,7-9,11,15-17H,3,5H2,(H,13,18,19)/t7-,8-,9+,11-/m1/s1. The van der Waals surface area contributed by atoms with Crippen LogP contribution in [0.25, 0.3) is 0 Å². The summed E-state index contributed by atoms with van der Waals surface area (Å²) in [6, 6.07) is 0. The van der Waals surface area contributed by atoms with Gasteiger partial charge in [0.1, 0.15) is 18.3 Å². The molecule has 2 heterocycles. The first-order valence-electron chi connectivity index (χ1n) is 5.89. The van der Waals surface area contributed by atoms with Crippen molar-refractivity contribution in [3.8, 4) is 12.3 Å². The van der Waals surface area contributed by atoms with E-state index in [-0.39, 0.29) is 12.0 Å². The lowest BCUT2D eigenvalue weighted by atomic mass is 10.1. The molecule has 20 heavy (non-hydrogen) atoms. The maximum absolute atomic E-state index is 11.8. The van der Waals surface area contributed by atoms with E-state index in [0.29, 0.717) is 0 Å². The number of aromatic nitrogens is 2. The Labute approximate surface area is 113 Å². The number of hydrogen-bond donors (Lipinski definition) is 4. The van der Waals surface area contributed by atoms with E-state index in [2.05, 4.69) is 10.9 Å². The summed E-state index contributed by atoms with van der Waals surface area (Å²) in [6.45, 7) is -0.510. The van der Waals surface area contributed by atoms with Gasteiger partial charge >= 0.3 is 5.69 Å². The third-order valence-corrected chi connectivity index (χ3v) is 3.13. The van der Waals surface area contributed by atoms with Gasteiger partial charge in [-0.3, -0.25) is 14.3 Å². The quantitative estimate of drug-likeness (QED) is 0.448. The van der Waals surface area contributed by atoms with Crippen LogP contribution < -0.4 is 11.2 Å². The van der Waals surface area contributed by atoms with Crippen LogP contribution in [0.3, 0.4) is 0 Å². The van der Waals surface area contributed by atoms with Gasteiger partial charge in [0, 0.05) is 18.2 Å². The molecule has 0 unspecified atom stereocenters. The lowest BCUT2D eigenvalue weighted by Crippen LogP contribution is -2.38. The first kappa shape index (κ1) is 14.5. The molecule has 8 heteroatoms. The van der Waals surface area contributed by atoms with Gasteiger partial charge in [-0.1, -0.05) is 0 Å². The highest BCUT2D eigenvalue weighted by atomic mass is 16.6. The fourth-order valence-corrected chi connectivity index (χ4v) is 2.06. The third-order valence-electron chi connectivity index (χ3n) is 3.13. The molecule has 0 aliphatic carbocycles. The Hall–Kier alpha value is -1.92. The van der Waals surface area contributed by atoms with Gasteiger partial charge in [0.2, 0.25) is 0 Å². The number of aromatic amines is 1. The summed E-state index contributed by atoms with van der Waals surface area (Å²) >= 11 is 0. The van der Waals surface area contributed by atoms with E-state index >= 15 is 0 Å². The fourth-order valence-electron chi connectivity index (χ4n) is 2.06. The van der Waals surface area contributed by atoms with Crippen molar-refractivity contribution in [1.82, 2.24) is 9.55 Å². The Balaban J connectivity index is 2.43. The van der Waals surface area contributed by atoms with Crippen LogP contribution in [0.2, 0.25) is 0 Å². The number of ether oxygens (including phenoxy) is 1. The van der Waals surface area contributed by atoms with Gasteiger partial charge in [-0.2, -0.15) is 0 Å². The van der Waals surface area contributed by atoms with Crippen LogP contribution in [0.15, 0.2) is 15.8 Å². The van der Waals surface area contributed by atoms with Crippen molar-refractivity contribution in [2.75, 3.05) is 6.61 Å². The summed E-state index contributed by atoms with van der Waals surface area (Å²) in [5, 5.41) is 28.5. The van der Waals surface area contributed by atoms with Gasteiger partial charge in [-0.05, 0) is 0 Å². The number of hydrogen-bond acceptors (Lipinski definition) is 6. The Morgan fingerprint density at radius 2 is 2.10 bits per heavy atom. The molecule has 1 aliphatic rings. The Kier molecular flexibility index (Phi) is 4.06. The number of nitrogens with one attached hydrogen (secondary N) is 1. The van der Waals surface area contributed by atoms with Crippen molar-refractivity contribution in [2.24, 2.45) is 0 Å². The molecule has 108 valence electrons. The van der Waals surface area contributed by atoms with E-state index in [1.807, 2.05) is 0 Å². The van der Waals surface area contributed by atoms with Crippen molar-refractivity contribution < 1.29 is 20.1 Å². The van der Waals surface area contributed by atoms with Crippen LogP contribution in [0.4, 0.5) is 0 Å². The highest BCUT2D eigenvalue weighted by Gasteiger charge is 2.43. The largest absolute Gasteiger partial charge is 0.394 e. The molecule has 1 aromatic heterocycles. The molecule has 0 spiro atoms. The van der Waals surface area contributed by atoms with Gasteiger partial charge in [-0.15, -0.1) is 12.3 Å². The summed E-state index contributed by atoms with van der Waals surface area (Å²) in [5.74, 6) is 2.27. The van der Waals surface area contributed by atoms with E-state index in [0.717, 1.165) is 4.57 Å². The molecule has 4 atom stereocenters. The number of H-pyrrole nitrogens is 1. The molecule has 1 aliphatic heterocycles. The second kappa shape index (κ2) is 5.60. The van der Waals surface area contributed by atoms with Crippen LogP contribution in [0, 0.1) is 12.3 Å². The molecule has 0 aromatic carbocycles. The zero-order valence-corrected chi connectivity index (χ0v) is 10.4. The molecular formula is C12H14N2O6. The number of nitrogens with zero attached hydrogens (tertiary/aromatic N) is 1. The maximum Gasteiger partial charge on any atom is 0.330 e. The molecule has 0 bridgehead atoms. The summed E-state index contributed by atoms with van der Waals surface area (Å²) in [4.78, 5) is 25.3. The number of terminal acetylenes is 1. The zero-order valence-electron chi connectivity index (χ0n) is 10.4. The van der Waals surface area contributed by atoms with Crippen molar-refractivity contribution in [3.05, 3.63) is 32.6 Å². The first-order chi connectivity index (χ1) is 9.49. The van der Waals surface area contributed by atoms with E-state index in [1.54, 1.807) is 0 Å². The topological polar surface area (TPSA) is 125 Å². The minimum atomic E-state index is -1.41. The highest BCUT2D eigenvalue weighted by Crippen LogP contribution is 2.27. The molecule has 8 nitrogen and oxygen atoms in total. The molecule has 0 amide bonds. The normalized spacial score (nSPS) is 29.3. The monoisotopic (exact) mass is 282 g/mol. The lowest BCUT2D eigenvalue weighted by Gasteiger charge is -2.17. The zero-order chi connectivity index (χ0) is 14.9. The first-order valence-corrected chi connectivity index (χ1v) is 5.89. The van der Waals surface area contributed by atoms with Gasteiger partial charge in [0.05, 0.1) is 6.61 Å². The molecule has 0 radical (unpaired) electrons. The minimum Gasteiger partial charge on any atom is -0.394 e. The van der Waals surface area contributed by atoms with Gasteiger partial charge < -0.3 is 20.1 Å². The fraction of sp³-hybridized carbons (Fsp3) is 0.500. The summed E-state index contributed by atoms with van der Waals surface area (Å²) in [6.07, 6.45) is 1.35. The van der Waals surface area contributed by atoms with Crippen LogP contribution in [-0.4, -0.2) is 49.8 Å². The van der Waals surface area contributed by atoms with E-state index < -0.39 is 42.4 Å². The second-order valence-electron chi connectivity index (χ2n) is 4.43. The SMILES string of the molecule is C#CCc1cn([C@@H]2O[C@H](CO)[C@@H](O)[C@@H]2O)c(=O)[nH]c1=O. The van der Waals surface area contributed by atoms with Crippen LogP contribution in [0.5, 0.6) is 0 Å². The molecule has 1 fully saturated rings. The summed E-state index contributed by atoms with van der Waals surface area (Å²) in [5.41, 5.74) is -1.26. The second-order valence-corrected chi connectivity index (χ2v) is 4.43. The van der Waals surface area contributed by atoms with Gasteiger partial charge in [-0.25, -0.2) is 4.79 Å². The van der Waals surface area contributed by atoms with Crippen LogP contribution in [0.1, 0.15) is 11.8 Å². The Morgan fingerprint density at radius 3 is 2.65 bits per heavy atom. The summed E-state index contributed by atoms with van der Waals surface area (Å²) < 4.78 is 6.16. The van der Waals surface area contributed by atoms with E-state index in [9.17, 15) is 19.8 Å². The van der Waals surface area contributed by atoms with E-state index in [4.69, 9.17) is 16.3 Å². The molecule has 1 saturated heterocycles. The van der Waals surface area contributed by atoms with Crippen molar-refractivity contribution in [3.63, 3.8) is 0 Å². The lowest BCUT2D eigenvalue weighted by molar-refractivity contribution is -0.0551. The third kappa shape index (κ3) is 2.39. The minimum absolute atomic E-state index is 0.00438. The average molecular weight is 282 g/mol. The number of rotatable bonds is 3. The number of aliphatic hydroxyl groups is 3. The molecule has 0 saturated carbocycles. The predicted octanol–water partition coefficient (Wildman–Crippen LogP) is -2.68. The highest BCUT2D eigenvalue weighted by molar-refractivity contribution is 5.12. The smallest absolute Gasteiger partial charge is 0.330 e. The predicted molar refractivity (Wildman–Crippen MR) is 66.9 cm³/mol. The van der Waals surface area contributed by atoms with Crippen molar-refractivity contribution in [1.29, 1.82) is 0 Å². The van der Waals surface area contributed by atoms with Crippen molar-refractivity contribution >= 4 is 0 Å². The van der Waals surface area contributed by atoms with E-state index in [1.165, 1.54) is 6.20 Å². The molecule has 2 rings (SSSR count). The van der Waals surface area contributed by atoms with Crippen molar-refractivity contribution in [2.45, 2.75) is 31.0 Å². The molecule has 1 aromatic rings. The number of aliphatic hydroxyl groups excluding tert-OH is 3. The van der Waals surface area contributed by atoms with Crippen LogP contribution in [-0.2, 0) is 11.2 Å². The van der Waals surface area contributed by atoms with Crippen LogP contribution >= 0.6 is 0 Å². The summed E-state index contributed by atoms with van der Waals surface area (Å²) in [7, 11) is 0. The molecule has 4 N–H and O–H groups in total. The molecular weight excluding hydrogens is 268 g/mol. The maximum atomic E-state index is 11.8. The van der Waals surface area contributed by atoms with Gasteiger partial charge in [0.25, 0.3) is 5.56 Å². The Morgan fingerprint density at radius 1 is 1.40 bits per heavy atom.